The van der Waals surface area contributed by atoms with Crippen LogP contribution in [0.2, 0.25) is 0 Å². The van der Waals surface area contributed by atoms with Crippen LogP contribution < -0.4 is 10.2 Å². The van der Waals surface area contributed by atoms with Gasteiger partial charge in [0.15, 0.2) is 0 Å². The lowest BCUT2D eigenvalue weighted by Crippen LogP contribution is -2.28. The first-order chi connectivity index (χ1) is 9.22. The summed E-state index contributed by atoms with van der Waals surface area (Å²) in [5.74, 6) is -0.0850. The second-order valence-corrected chi connectivity index (χ2v) is 4.10. The minimum Gasteiger partial charge on any atom is -0.350 e. The second-order valence-electron chi connectivity index (χ2n) is 3.72. The molecule has 0 atom stereocenters. The number of nitrogens with one attached hydrogen (secondary N) is 1. The fraction of sp³-hybridized carbons (Fsp3) is 0.286. The fourth-order valence-corrected chi connectivity index (χ4v) is 1.61. The topological polar surface area (TPSA) is 56.1 Å². The standard InChI is InChI=1S/C14H16ClN3O/c1-2-18(13-6-4-3-5-7-13)11-12(10-16)14(19)17-9-8-15/h3-7,11H,2,8-9H2,1H3,(H,17,19)/b12-11-. The predicted molar refractivity (Wildman–Crippen MR) is 76.9 cm³/mol. The first-order valence-electron chi connectivity index (χ1n) is 6.00. The highest BCUT2D eigenvalue weighted by atomic mass is 35.5. The summed E-state index contributed by atoms with van der Waals surface area (Å²) in [7, 11) is 0. The Labute approximate surface area is 118 Å². The number of amides is 1. The number of hydrogen-bond acceptors (Lipinski definition) is 3. The van der Waals surface area contributed by atoms with Crippen molar-refractivity contribution in [1.82, 2.24) is 5.32 Å². The molecule has 0 saturated heterocycles. The van der Waals surface area contributed by atoms with Crippen molar-refractivity contribution < 1.29 is 4.79 Å². The molecule has 0 aliphatic carbocycles. The van der Waals surface area contributed by atoms with E-state index < -0.39 is 5.91 Å². The van der Waals surface area contributed by atoms with Crippen molar-refractivity contribution in [3.05, 3.63) is 42.1 Å². The van der Waals surface area contributed by atoms with E-state index in [0.29, 0.717) is 19.0 Å². The highest BCUT2D eigenvalue weighted by molar-refractivity contribution is 6.18. The molecule has 0 heterocycles. The molecule has 19 heavy (non-hydrogen) atoms. The minimum absolute atomic E-state index is 0.0656. The Kier molecular flexibility index (Phi) is 6.48. The maximum absolute atomic E-state index is 11.7. The highest BCUT2D eigenvalue weighted by Crippen LogP contribution is 2.14. The number of alkyl halides is 1. The molecule has 0 radical (unpaired) electrons. The molecule has 1 N–H and O–H groups in total. The molecule has 1 aromatic carbocycles. The summed E-state index contributed by atoms with van der Waals surface area (Å²) in [5.41, 5.74) is 0.999. The summed E-state index contributed by atoms with van der Waals surface area (Å²) in [6, 6.07) is 11.5. The summed E-state index contributed by atoms with van der Waals surface area (Å²) in [6.07, 6.45) is 1.55. The number of nitrogens with zero attached hydrogens (tertiary/aromatic N) is 2. The summed E-state index contributed by atoms with van der Waals surface area (Å²) in [4.78, 5) is 13.6. The summed E-state index contributed by atoms with van der Waals surface area (Å²) in [6.45, 7) is 2.96. The number of nitriles is 1. The van der Waals surface area contributed by atoms with Gasteiger partial charge in [-0.1, -0.05) is 18.2 Å². The van der Waals surface area contributed by atoms with Crippen molar-refractivity contribution in [3.63, 3.8) is 0 Å². The molecule has 0 saturated carbocycles. The first-order valence-corrected chi connectivity index (χ1v) is 6.54. The van der Waals surface area contributed by atoms with Gasteiger partial charge in [-0.25, -0.2) is 0 Å². The molecule has 0 aliphatic rings. The number of anilines is 1. The van der Waals surface area contributed by atoms with Crippen LogP contribution in [0.15, 0.2) is 42.1 Å². The van der Waals surface area contributed by atoms with Gasteiger partial charge in [-0.2, -0.15) is 5.26 Å². The molecule has 4 nitrogen and oxygen atoms in total. The number of halogens is 1. The Hall–Kier alpha value is -1.99. The zero-order valence-electron chi connectivity index (χ0n) is 10.8. The van der Waals surface area contributed by atoms with Gasteiger partial charge >= 0.3 is 0 Å². The summed E-state index contributed by atoms with van der Waals surface area (Å²) in [5, 5.41) is 11.6. The molecule has 0 unspecified atom stereocenters. The fourth-order valence-electron chi connectivity index (χ4n) is 1.52. The molecular weight excluding hydrogens is 262 g/mol. The number of hydrogen-bond donors (Lipinski definition) is 1. The van der Waals surface area contributed by atoms with E-state index in [1.807, 2.05) is 48.2 Å². The van der Waals surface area contributed by atoms with E-state index in [9.17, 15) is 4.79 Å². The third kappa shape index (κ3) is 4.65. The SMILES string of the molecule is CCN(/C=C(/C#N)C(=O)NCCCl)c1ccccc1. The van der Waals surface area contributed by atoms with E-state index in [4.69, 9.17) is 16.9 Å². The van der Waals surface area contributed by atoms with E-state index in [1.54, 1.807) is 6.20 Å². The summed E-state index contributed by atoms with van der Waals surface area (Å²) >= 11 is 5.49. The third-order valence-electron chi connectivity index (χ3n) is 2.46. The Morgan fingerprint density at radius 2 is 2.16 bits per heavy atom. The second kappa shape index (κ2) is 8.17. The molecule has 0 aromatic heterocycles. The lowest BCUT2D eigenvalue weighted by Gasteiger charge is -2.18. The van der Waals surface area contributed by atoms with E-state index in [-0.39, 0.29) is 5.57 Å². The largest absolute Gasteiger partial charge is 0.350 e. The smallest absolute Gasteiger partial charge is 0.263 e. The quantitative estimate of drug-likeness (QED) is 0.493. The van der Waals surface area contributed by atoms with Crippen LogP contribution in [-0.4, -0.2) is 24.9 Å². The van der Waals surface area contributed by atoms with Crippen LogP contribution in [0.25, 0.3) is 0 Å². The minimum atomic E-state index is -0.405. The van der Waals surface area contributed by atoms with Crippen LogP contribution in [-0.2, 0) is 4.79 Å². The maximum Gasteiger partial charge on any atom is 0.263 e. The van der Waals surface area contributed by atoms with Gasteiger partial charge in [0.25, 0.3) is 5.91 Å². The van der Waals surface area contributed by atoms with Crippen LogP contribution in [0.4, 0.5) is 5.69 Å². The van der Waals surface area contributed by atoms with Gasteiger partial charge in [-0.05, 0) is 19.1 Å². The Bertz CT molecular complexity index is 479. The van der Waals surface area contributed by atoms with E-state index in [2.05, 4.69) is 5.32 Å². The molecular formula is C14H16ClN3O. The van der Waals surface area contributed by atoms with Gasteiger partial charge in [0.05, 0.1) is 0 Å². The van der Waals surface area contributed by atoms with E-state index in [0.717, 1.165) is 5.69 Å². The average molecular weight is 278 g/mol. The lowest BCUT2D eigenvalue weighted by molar-refractivity contribution is -0.117. The van der Waals surface area contributed by atoms with Gasteiger partial charge in [0.1, 0.15) is 11.6 Å². The van der Waals surface area contributed by atoms with Crippen LogP contribution in [0.1, 0.15) is 6.92 Å². The molecule has 1 rings (SSSR count). The highest BCUT2D eigenvalue weighted by Gasteiger charge is 2.10. The van der Waals surface area contributed by atoms with E-state index in [1.165, 1.54) is 0 Å². The molecule has 5 heteroatoms. The Balaban J connectivity index is 2.89. The normalized spacial score (nSPS) is 10.7. The number of rotatable bonds is 6. The van der Waals surface area contributed by atoms with Crippen LogP contribution >= 0.6 is 11.6 Å². The predicted octanol–water partition coefficient (Wildman–Crippen LogP) is 2.28. The summed E-state index contributed by atoms with van der Waals surface area (Å²) < 4.78 is 0. The van der Waals surface area contributed by atoms with Crippen molar-refractivity contribution in [2.45, 2.75) is 6.92 Å². The number of para-hydroxylation sites is 1. The van der Waals surface area contributed by atoms with Gasteiger partial charge in [0, 0.05) is 30.9 Å². The zero-order valence-corrected chi connectivity index (χ0v) is 11.5. The average Bonchev–Trinajstić information content (AvgIpc) is 2.47. The van der Waals surface area contributed by atoms with Crippen molar-refractivity contribution >= 4 is 23.2 Å². The zero-order chi connectivity index (χ0) is 14.1. The van der Waals surface area contributed by atoms with Gasteiger partial charge in [0.2, 0.25) is 0 Å². The molecule has 0 fully saturated rings. The van der Waals surface area contributed by atoms with Crippen LogP contribution in [0.5, 0.6) is 0 Å². The third-order valence-corrected chi connectivity index (χ3v) is 2.65. The molecule has 100 valence electrons. The van der Waals surface area contributed by atoms with Gasteiger partial charge in [-0.15, -0.1) is 11.6 Å². The maximum atomic E-state index is 11.7. The van der Waals surface area contributed by atoms with Crippen LogP contribution in [0, 0.1) is 11.3 Å². The number of benzene rings is 1. The van der Waals surface area contributed by atoms with Gasteiger partial charge in [-0.3, -0.25) is 4.79 Å². The van der Waals surface area contributed by atoms with E-state index >= 15 is 0 Å². The number of carbonyl (C=O) groups is 1. The monoisotopic (exact) mass is 277 g/mol. The Morgan fingerprint density at radius 3 is 2.68 bits per heavy atom. The molecule has 0 spiro atoms. The van der Waals surface area contributed by atoms with Crippen molar-refractivity contribution in [2.75, 3.05) is 23.9 Å². The van der Waals surface area contributed by atoms with Crippen LogP contribution in [0.3, 0.4) is 0 Å². The van der Waals surface area contributed by atoms with Crippen molar-refractivity contribution in [2.24, 2.45) is 0 Å². The van der Waals surface area contributed by atoms with Crippen molar-refractivity contribution in [1.29, 1.82) is 5.26 Å². The number of carbonyl (C=O) groups excluding carboxylic acids is 1. The lowest BCUT2D eigenvalue weighted by atomic mass is 10.2. The Morgan fingerprint density at radius 1 is 1.47 bits per heavy atom. The molecule has 1 aromatic rings. The molecule has 0 aliphatic heterocycles. The molecule has 0 bridgehead atoms. The van der Waals surface area contributed by atoms with Crippen molar-refractivity contribution in [3.8, 4) is 6.07 Å². The van der Waals surface area contributed by atoms with Gasteiger partial charge < -0.3 is 10.2 Å². The first kappa shape index (κ1) is 15.1. The molecule has 1 amide bonds.